The largest absolute Gasteiger partial charge is 0.292 e. The monoisotopic (exact) mass is 1220 g/mol. The summed E-state index contributed by atoms with van der Waals surface area (Å²) in [5, 5.41) is 0. The number of aryl methyl sites for hydroxylation is 3. The fraction of sp³-hybridized carbons (Fsp3) is 0.0465. The van der Waals surface area contributed by atoms with Gasteiger partial charge in [0.05, 0.1) is 49.5 Å². The summed E-state index contributed by atoms with van der Waals surface area (Å²) >= 11 is 0. The summed E-state index contributed by atoms with van der Waals surface area (Å²) < 4.78 is 9.31. The topological polar surface area (TPSA) is 71.3 Å². The first-order valence-electron chi connectivity index (χ1n) is 32.6. The number of benzene rings is 13. The Balaban J connectivity index is 1.04. The third kappa shape index (κ3) is 8.91. The predicted octanol–water partition coefficient (Wildman–Crippen LogP) is 17.8. The van der Waals surface area contributed by atoms with E-state index in [1.54, 1.807) is 0 Å². The van der Waals surface area contributed by atoms with Crippen molar-refractivity contribution in [2.24, 2.45) is 0 Å². The number of fused-ring (bicyclic) bond motifs is 6. The van der Waals surface area contributed by atoms with Crippen LogP contribution in [0.4, 0.5) is 0 Å². The van der Waals surface area contributed by atoms with Gasteiger partial charge >= 0.3 is 0 Å². The van der Waals surface area contributed by atoms with Crippen molar-refractivity contribution in [2.75, 3.05) is 0 Å². The molecule has 0 atom stereocenters. The highest BCUT2D eigenvalue weighted by Crippen LogP contribution is 2.51. The summed E-state index contributed by atoms with van der Waals surface area (Å²) in [6.07, 6.45) is 0. The molecule has 448 valence electrons. The van der Waals surface area contributed by atoms with Gasteiger partial charge in [0, 0.05) is 45.0 Å². The molecule has 0 bridgehead atoms. The maximum Gasteiger partial charge on any atom is 0.242 e. The minimum atomic E-state index is -1.11. The zero-order valence-electron chi connectivity index (χ0n) is 52.7. The van der Waals surface area contributed by atoms with Gasteiger partial charge in [-0.1, -0.05) is 215 Å². The van der Waals surface area contributed by atoms with Crippen molar-refractivity contribution < 1.29 is 0 Å². The third-order valence-electron chi connectivity index (χ3n) is 19.4. The summed E-state index contributed by atoms with van der Waals surface area (Å²) in [6, 6.07) is 114. The van der Waals surface area contributed by atoms with Crippen LogP contribution >= 0.6 is 0 Å². The molecule has 0 fully saturated rings. The number of rotatable bonds is 11. The molecule has 0 amide bonds. The molecule has 0 aliphatic carbocycles. The number of hydrogen-bond donors (Lipinski definition) is 0. The molecule has 95 heavy (non-hydrogen) atoms. The molecular formula is C86H61BN8. The van der Waals surface area contributed by atoms with Crippen molar-refractivity contribution in [2.45, 2.75) is 26.2 Å². The molecule has 0 N–H and O–H groups in total. The highest BCUT2D eigenvalue weighted by Gasteiger charge is 2.49. The molecule has 4 aromatic heterocycles. The molecule has 17 aromatic rings. The van der Waals surface area contributed by atoms with E-state index in [1.807, 2.05) is 0 Å². The van der Waals surface area contributed by atoms with Crippen LogP contribution < -0.4 is 16.4 Å². The van der Waals surface area contributed by atoms with Gasteiger partial charge in [0.15, 0.2) is 0 Å². The molecule has 5 heterocycles. The average molecular weight is 1220 g/mol. The molecule has 9 heteroatoms. The van der Waals surface area contributed by atoms with Crippen molar-refractivity contribution in [3.63, 3.8) is 0 Å². The van der Waals surface area contributed by atoms with Crippen molar-refractivity contribution in [1.29, 1.82) is 0 Å². The summed E-state index contributed by atoms with van der Waals surface area (Å²) in [5.41, 5.74) is 26.2. The lowest BCUT2D eigenvalue weighted by Crippen LogP contribution is -2.63. The van der Waals surface area contributed by atoms with E-state index in [2.05, 4.69) is 354 Å². The summed E-state index contributed by atoms with van der Waals surface area (Å²) in [4.78, 5) is 22.8. The maximum absolute atomic E-state index is 5.71. The molecule has 1 aliphatic heterocycles. The molecule has 0 radical (unpaired) electrons. The molecule has 18 rings (SSSR count). The molecule has 13 aromatic carbocycles. The van der Waals surface area contributed by atoms with Crippen molar-refractivity contribution in [3.05, 3.63) is 354 Å². The molecule has 0 saturated heterocycles. The quantitative estimate of drug-likeness (QED) is 0.121. The van der Waals surface area contributed by atoms with Crippen LogP contribution in [0.25, 0.3) is 112 Å². The Morgan fingerprint density at radius 2 is 0.537 bits per heavy atom. The third-order valence-corrected chi connectivity index (χ3v) is 19.4. The van der Waals surface area contributed by atoms with E-state index < -0.39 is 5.41 Å². The zero-order valence-corrected chi connectivity index (χ0v) is 52.7. The normalized spacial score (nSPS) is 12.6. The van der Waals surface area contributed by atoms with Gasteiger partial charge in [-0.05, 0) is 176 Å². The zero-order chi connectivity index (χ0) is 63.3. The van der Waals surface area contributed by atoms with Crippen LogP contribution in [0.5, 0.6) is 0 Å². The van der Waals surface area contributed by atoms with Gasteiger partial charge in [-0.3, -0.25) is 18.3 Å². The van der Waals surface area contributed by atoms with E-state index >= 15 is 0 Å². The van der Waals surface area contributed by atoms with Gasteiger partial charge in [0.25, 0.3) is 0 Å². The fourth-order valence-corrected chi connectivity index (χ4v) is 15.7. The number of imidazole rings is 4. The maximum atomic E-state index is 5.71. The second kappa shape index (κ2) is 22.3. The second-order valence-electron chi connectivity index (χ2n) is 25.1. The van der Waals surface area contributed by atoms with Crippen LogP contribution in [0, 0.1) is 20.8 Å². The van der Waals surface area contributed by atoms with Gasteiger partial charge in [-0.25, -0.2) is 19.9 Å². The summed E-state index contributed by atoms with van der Waals surface area (Å²) in [5.74, 6) is 3.23. The van der Waals surface area contributed by atoms with E-state index in [9.17, 15) is 0 Å². The Bertz CT molecular complexity index is 5220. The summed E-state index contributed by atoms with van der Waals surface area (Å²) in [6.45, 7) is 6.67. The van der Waals surface area contributed by atoms with E-state index in [1.165, 1.54) is 33.1 Å². The number of para-hydroxylation sites is 12. The molecule has 0 spiro atoms. The Labute approximate surface area is 551 Å². The molecule has 8 nitrogen and oxygen atoms in total. The summed E-state index contributed by atoms with van der Waals surface area (Å²) in [7, 11) is 0. The van der Waals surface area contributed by atoms with Gasteiger partial charge in [0.1, 0.15) is 23.3 Å². The first-order valence-corrected chi connectivity index (χ1v) is 32.6. The Kier molecular flexibility index (Phi) is 13.1. The van der Waals surface area contributed by atoms with Gasteiger partial charge in [-0.2, -0.15) is 0 Å². The number of aromatic nitrogens is 8. The Morgan fingerprint density at radius 3 is 0.842 bits per heavy atom. The second-order valence-corrected chi connectivity index (χ2v) is 25.1. The SMILES string of the molecule is Cc1cc(C)c(B2c3ccccc3C(c3cc(-c4nc5ccccc5n4-c4ccccc4)cc(-c4nc5ccccc5n4-c4ccccc4)c3)(c3cc(-c4nc5ccccc5n4-c4ccccc4)cc(-c4nc5ccccc5n4-c4ccccc4)c3)c3ccccc32)c(C)c1. The lowest BCUT2D eigenvalue weighted by atomic mass is 9.29. The average Bonchev–Trinajstić information content (AvgIpc) is 1.10. The van der Waals surface area contributed by atoms with E-state index in [4.69, 9.17) is 19.9 Å². The predicted molar refractivity (Wildman–Crippen MR) is 390 cm³/mol. The Hall–Kier alpha value is -12.2. The highest BCUT2D eigenvalue weighted by atomic mass is 15.1. The first kappa shape index (κ1) is 55.6. The minimum absolute atomic E-state index is 0.129. The highest BCUT2D eigenvalue weighted by molar-refractivity contribution is 6.97. The van der Waals surface area contributed by atoms with Gasteiger partial charge in [0.2, 0.25) is 6.71 Å². The smallest absolute Gasteiger partial charge is 0.242 e. The first-order chi connectivity index (χ1) is 46.8. The van der Waals surface area contributed by atoms with Crippen molar-refractivity contribution in [1.82, 2.24) is 38.2 Å². The molecular weight excluding hydrogens is 1160 g/mol. The fourth-order valence-electron chi connectivity index (χ4n) is 15.7. The lowest BCUT2D eigenvalue weighted by molar-refractivity contribution is 0.751. The lowest BCUT2D eigenvalue weighted by Gasteiger charge is -2.45. The molecule has 1 aliphatic rings. The van der Waals surface area contributed by atoms with Crippen LogP contribution in [0.1, 0.15) is 38.9 Å². The standard InChI is InChI=1S/C86H61BN8/c1-56-48-57(2)81(58(3)49-56)87-71-38-18-16-36-69(71)86(70-37-17-19-39-72(70)87,63-52-59(82-88-73-40-20-24-44-77(73)92(82)65-28-8-4-9-29-65)50-60(53-63)83-89-74-41-21-25-45-78(74)93(83)66-30-10-5-11-31-66)64-54-61(84-90-75-42-22-26-46-79(75)94(84)67-32-12-6-13-33-67)51-62(55-64)85-91-76-43-23-27-47-80(76)95(85)68-34-14-7-15-35-68/h4-55H,1-3H3. The van der Waals surface area contributed by atoms with Crippen LogP contribution in [0.15, 0.2) is 315 Å². The van der Waals surface area contributed by atoms with E-state index in [0.717, 1.165) is 135 Å². The van der Waals surface area contributed by atoms with E-state index in [-0.39, 0.29) is 6.71 Å². The van der Waals surface area contributed by atoms with Crippen molar-refractivity contribution >= 4 is 67.2 Å². The molecule has 0 unspecified atom stereocenters. The minimum Gasteiger partial charge on any atom is -0.292 e. The van der Waals surface area contributed by atoms with Gasteiger partial charge < -0.3 is 0 Å². The Morgan fingerprint density at radius 1 is 0.274 bits per heavy atom. The van der Waals surface area contributed by atoms with Crippen LogP contribution in [0.3, 0.4) is 0 Å². The van der Waals surface area contributed by atoms with E-state index in [0.29, 0.717) is 0 Å². The van der Waals surface area contributed by atoms with Crippen molar-refractivity contribution in [3.8, 4) is 68.3 Å². The van der Waals surface area contributed by atoms with Gasteiger partial charge in [-0.15, -0.1) is 0 Å². The van der Waals surface area contributed by atoms with Crippen LogP contribution in [-0.4, -0.2) is 44.9 Å². The number of hydrogen-bond acceptors (Lipinski definition) is 4. The van der Waals surface area contributed by atoms with Crippen LogP contribution in [-0.2, 0) is 5.41 Å². The van der Waals surface area contributed by atoms with Crippen LogP contribution in [0.2, 0.25) is 0 Å². The number of nitrogens with zero attached hydrogens (tertiary/aromatic N) is 8. The molecule has 0 saturated carbocycles.